The van der Waals surface area contributed by atoms with Crippen molar-refractivity contribution < 1.29 is 14.3 Å². The zero-order valence-electron chi connectivity index (χ0n) is 11.8. The number of hydrogen-bond donors (Lipinski definition) is 0. The van der Waals surface area contributed by atoms with Crippen molar-refractivity contribution in [1.82, 2.24) is 0 Å². The Morgan fingerprint density at radius 3 is 2.00 bits per heavy atom. The first kappa shape index (κ1) is 14.1. The molecule has 0 saturated heterocycles. The summed E-state index contributed by atoms with van der Waals surface area (Å²) in [5.41, 5.74) is 3.19. The minimum atomic E-state index is -0.190. The summed E-state index contributed by atoms with van der Waals surface area (Å²) in [6.07, 6.45) is 0.316. The van der Waals surface area contributed by atoms with Crippen LogP contribution in [0.3, 0.4) is 0 Å². The molecule has 0 N–H and O–H groups in total. The van der Waals surface area contributed by atoms with Crippen molar-refractivity contribution in [2.24, 2.45) is 0 Å². The number of methoxy groups -OCH3 is 1. The Labute approximate surface area is 119 Å². The molecule has 0 saturated carbocycles. The fourth-order valence-corrected chi connectivity index (χ4v) is 1.98. The van der Waals surface area contributed by atoms with Crippen LogP contribution in [0.4, 0.5) is 0 Å². The van der Waals surface area contributed by atoms with Crippen molar-refractivity contribution in [3.8, 4) is 16.9 Å². The Morgan fingerprint density at radius 1 is 0.950 bits per heavy atom. The molecule has 0 aliphatic heterocycles. The number of ether oxygens (including phenoxy) is 2. The lowest BCUT2D eigenvalue weighted by molar-refractivity contribution is -0.142. The van der Waals surface area contributed by atoms with Crippen molar-refractivity contribution in [3.63, 3.8) is 0 Å². The smallest absolute Gasteiger partial charge is 0.310 e. The summed E-state index contributed by atoms with van der Waals surface area (Å²) in [6, 6.07) is 15.8. The lowest BCUT2D eigenvalue weighted by Gasteiger charge is -2.06. The molecule has 0 unspecified atom stereocenters. The molecule has 104 valence electrons. The van der Waals surface area contributed by atoms with Gasteiger partial charge >= 0.3 is 5.97 Å². The summed E-state index contributed by atoms with van der Waals surface area (Å²) in [5.74, 6) is 0.650. The fourth-order valence-electron chi connectivity index (χ4n) is 1.98. The summed E-state index contributed by atoms with van der Waals surface area (Å²) >= 11 is 0. The van der Waals surface area contributed by atoms with Gasteiger partial charge in [-0.15, -0.1) is 0 Å². The second kappa shape index (κ2) is 6.75. The van der Waals surface area contributed by atoms with E-state index in [4.69, 9.17) is 9.47 Å². The molecular formula is C17H18O3. The molecular weight excluding hydrogens is 252 g/mol. The molecule has 0 spiro atoms. The average molecular weight is 270 g/mol. The van der Waals surface area contributed by atoms with E-state index in [9.17, 15) is 4.79 Å². The van der Waals surface area contributed by atoms with Crippen LogP contribution in [0.1, 0.15) is 12.5 Å². The number of carbonyl (C=O) groups excluding carboxylic acids is 1. The van der Waals surface area contributed by atoms with E-state index in [1.807, 2.05) is 55.5 Å². The molecule has 0 aliphatic carbocycles. The van der Waals surface area contributed by atoms with Gasteiger partial charge in [0.15, 0.2) is 0 Å². The Kier molecular flexibility index (Phi) is 4.77. The number of carbonyl (C=O) groups is 1. The third-order valence-corrected chi connectivity index (χ3v) is 3.03. The summed E-state index contributed by atoms with van der Waals surface area (Å²) < 4.78 is 10.1. The molecule has 0 aliphatic rings. The maximum absolute atomic E-state index is 11.4. The number of benzene rings is 2. The Balaban J connectivity index is 2.08. The molecule has 0 atom stereocenters. The van der Waals surface area contributed by atoms with Crippen LogP contribution in [0.2, 0.25) is 0 Å². The molecule has 0 radical (unpaired) electrons. The van der Waals surface area contributed by atoms with Gasteiger partial charge in [0.1, 0.15) is 5.75 Å². The molecule has 0 amide bonds. The van der Waals surface area contributed by atoms with Gasteiger partial charge in [0.05, 0.1) is 20.1 Å². The summed E-state index contributed by atoms with van der Waals surface area (Å²) in [7, 11) is 1.65. The first-order valence-electron chi connectivity index (χ1n) is 6.62. The molecule has 0 heterocycles. The van der Waals surface area contributed by atoms with Gasteiger partial charge < -0.3 is 9.47 Å². The molecule has 20 heavy (non-hydrogen) atoms. The lowest BCUT2D eigenvalue weighted by Crippen LogP contribution is -2.07. The van der Waals surface area contributed by atoms with Gasteiger partial charge in [0.25, 0.3) is 0 Å². The van der Waals surface area contributed by atoms with E-state index in [0.717, 1.165) is 22.4 Å². The van der Waals surface area contributed by atoms with E-state index >= 15 is 0 Å². The maximum atomic E-state index is 11.4. The molecule has 3 nitrogen and oxygen atoms in total. The second-order valence-electron chi connectivity index (χ2n) is 4.41. The molecule has 0 fully saturated rings. The Morgan fingerprint density at radius 2 is 1.50 bits per heavy atom. The van der Waals surface area contributed by atoms with Crippen LogP contribution >= 0.6 is 0 Å². The van der Waals surface area contributed by atoms with E-state index in [1.165, 1.54) is 0 Å². The van der Waals surface area contributed by atoms with Crippen LogP contribution in [0.5, 0.6) is 5.75 Å². The van der Waals surface area contributed by atoms with Gasteiger partial charge in [-0.1, -0.05) is 36.4 Å². The largest absolute Gasteiger partial charge is 0.497 e. The predicted octanol–water partition coefficient (Wildman–Crippen LogP) is 3.47. The molecule has 3 heteroatoms. The van der Waals surface area contributed by atoms with E-state index in [-0.39, 0.29) is 5.97 Å². The van der Waals surface area contributed by atoms with Crippen molar-refractivity contribution in [2.45, 2.75) is 13.3 Å². The highest BCUT2D eigenvalue weighted by Crippen LogP contribution is 2.22. The highest BCUT2D eigenvalue weighted by Gasteiger charge is 2.04. The van der Waals surface area contributed by atoms with Crippen LogP contribution in [0.15, 0.2) is 48.5 Å². The van der Waals surface area contributed by atoms with Crippen LogP contribution in [-0.2, 0) is 16.0 Å². The maximum Gasteiger partial charge on any atom is 0.310 e. The van der Waals surface area contributed by atoms with Crippen LogP contribution in [-0.4, -0.2) is 19.7 Å². The topological polar surface area (TPSA) is 35.5 Å². The van der Waals surface area contributed by atoms with Gasteiger partial charge in [-0.3, -0.25) is 4.79 Å². The minimum Gasteiger partial charge on any atom is -0.497 e. The SMILES string of the molecule is CCOC(=O)Cc1ccc(-c2ccc(OC)cc2)cc1. The van der Waals surface area contributed by atoms with Gasteiger partial charge in [0.2, 0.25) is 0 Å². The van der Waals surface area contributed by atoms with Crippen molar-refractivity contribution >= 4 is 5.97 Å². The quantitative estimate of drug-likeness (QED) is 0.780. The van der Waals surface area contributed by atoms with Gasteiger partial charge in [-0.25, -0.2) is 0 Å². The zero-order chi connectivity index (χ0) is 14.4. The van der Waals surface area contributed by atoms with E-state index in [1.54, 1.807) is 7.11 Å². The number of rotatable bonds is 5. The lowest BCUT2D eigenvalue weighted by atomic mass is 10.0. The highest BCUT2D eigenvalue weighted by atomic mass is 16.5. The molecule has 2 aromatic rings. The highest BCUT2D eigenvalue weighted by molar-refractivity contribution is 5.73. The normalized spacial score (nSPS) is 10.1. The van der Waals surface area contributed by atoms with Gasteiger partial charge in [-0.2, -0.15) is 0 Å². The average Bonchev–Trinajstić information content (AvgIpc) is 2.48. The van der Waals surface area contributed by atoms with E-state index in [2.05, 4.69) is 0 Å². The van der Waals surface area contributed by atoms with Crippen LogP contribution in [0.25, 0.3) is 11.1 Å². The minimum absolute atomic E-state index is 0.190. The van der Waals surface area contributed by atoms with Crippen molar-refractivity contribution in [1.29, 1.82) is 0 Å². The number of esters is 1. The van der Waals surface area contributed by atoms with Gasteiger partial charge in [0, 0.05) is 0 Å². The fraction of sp³-hybridized carbons (Fsp3) is 0.235. The monoisotopic (exact) mass is 270 g/mol. The zero-order valence-corrected chi connectivity index (χ0v) is 11.8. The summed E-state index contributed by atoms with van der Waals surface area (Å²) in [6.45, 7) is 2.23. The standard InChI is InChI=1S/C17H18O3/c1-3-20-17(18)12-13-4-6-14(7-5-13)15-8-10-16(19-2)11-9-15/h4-11H,3,12H2,1-2H3. The van der Waals surface area contributed by atoms with Gasteiger partial charge in [-0.05, 0) is 35.7 Å². The predicted molar refractivity (Wildman–Crippen MR) is 78.8 cm³/mol. The van der Waals surface area contributed by atoms with E-state index in [0.29, 0.717) is 13.0 Å². The van der Waals surface area contributed by atoms with Crippen molar-refractivity contribution in [3.05, 3.63) is 54.1 Å². The number of hydrogen-bond acceptors (Lipinski definition) is 3. The third-order valence-electron chi connectivity index (χ3n) is 3.03. The molecule has 2 rings (SSSR count). The molecule has 0 aromatic heterocycles. The molecule has 0 bridgehead atoms. The molecule has 2 aromatic carbocycles. The second-order valence-corrected chi connectivity index (χ2v) is 4.41. The van der Waals surface area contributed by atoms with E-state index < -0.39 is 0 Å². The van der Waals surface area contributed by atoms with Crippen molar-refractivity contribution in [2.75, 3.05) is 13.7 Å². The Bertz CT molecular complexity index is 556. The Hall–Kier alpha value is -2.29. The first-order valence-corrected chi connectivity index (χ1v) is 6.62. The third kappa shape index (κ3) is 3.60. The summed E-state index contributed by atoms with van der Waals surface area (Å²) in [4.78, 5) is 11.4. The van der Waals surface area contributed by atoms with Crippen LogP contribution in [0, 0.1) is 0 Å². The van der Waals surface area contributed by atoms with Crippen LogP contribution < -0.4 is 4.74 Å². The first-order chi connectivity index (χ1) is 9.72. The summed E-state index contributed by atoms with van der Waals surface area (Å²) in [5, 5.41) is 0.